The molecule has 0 spiro atoms. The summed E-state index contributed by atoms with van der Waals surface area (Å²) in [5.41, 5.74) is 1.15. The average Bonchev–Trinajstić information content (AvgIpc) is 2.44. The number of hydrogen-bond donors (Lipinski definition) is 2. The fraction of sp³-hybridized carbons (Fsp3) is 0.188. The number of phenolic OH excluding ortho intramolecular Hbond substituents is 1. The minimum Gasteiger partial charge on any atom is -0.507 e. The van der Waals surface area contributed by atoms with Crippen molar-refractivity contribution in [2.24, 2.45) is 0 Å². The summed E-state index contributed by atoms with van der Waals surface area (Å²) in [5.74, 6) is -0.692. The molecule has 21 heavy (non-hydrogen) atoms. The molecule has 1 amide bonds. The van der Waals surface area contributed by atoms with Gasteiger partial charge in [-0.1, -0.05) is 28.1 Å². The van der Waals surface area contributed by atoms with Gasteiger partial charge in [-0.15, -0.1) is 0 Å². The minimum absolute atomic E-state index is 0.0651. The number of amides is 1. The van der Waals surface area contributed by atoms with Crippen molar-refractivity contribution >= 4 is 21.8 Å². The van der Waals surface area contributed by atoms with Gasteiger partial charge in [0.2, 0.25) is 0 Å². The molecular weight excluding hydrogens is 337 g/mol. The van der Waals surface area contributed by atoms with E-state index in [9.17, 15) is 14.3 Å². The van der Waals surface area contributed by atoms with Crippen LogP contribution in [0.5, 0.6) is 5.75 Å². The van der Waals surface area contributed by atoms with E-state index < -0.39 is 0 Å². The number of phenols is 1. The summed E-state index contributed by atoms with van der Waals surface area (Å²) in [6, 6.07) is 10.7. The normalized spacial score (nSPS) is 12.0. The lowest BCUT2D eigenvalue weighted by Gasteiger charge is -2.15. The molecule has 2 aromatic rings. The van der Waals surface area contributed by atoms with Crippen molar-refractivity contribution in [3.05, 3.63) is 63.9 Å². The van der Waals surface area contributed by atoms with Gasteiger partial charge in [0.25, 0.3) is 5.91 Å². The molecule has 1 unspecified atom stereocenters. The number of carbonyl (C=O) groups is 1. The maximum absolute atomic E-state index is 12.8. The van der Waals surface area contributed by atoms with Gasteiger partial charge < -0.3 is 10.4 Å². The second kappa shape index (κ2) is 6.72. The van der Waals surface area contributed by atoms with E-state index in [1.165, 1.54) is 18.2 Å². The molecule has 0 fully saturated rings. The van der Waals surface area contributed by atoms with Crippen molar-refractivity contribution in [2.75, 3.05) is 0 Å². The highest BCUT2D eigenvalue weighted by atomic mass is 79.9. The number of carbonyl (C=O) groups excluding carboxylic acids is 1. The lowest BCUT2D eigenvalue weighted by atomic mass is 10.1. The van der Waals surface area contributed by atoms with Crippen LogP contribution in [0.4, 0.5) is 4.39 Å². The van der Waals surface area contributed by atoms with E-state index in [-0.39, 0.29) is 29.1 Å². The van der Waals surface area contributed by atoms with Crippen molar-refractivity contribution in [3.8, 4) is 5.75 Å². The standard InChI is InChI=1S/C16H15BrFNO2/c1-10(8-11-2-5-13(18)6-3-11)19-16(21)14-9-12(17)4-7-15(14)20/h2-7,9-10,20H,8H2,1H3,(H,19,21). The van der Waals surface area contributed by atoms with E-state index >= 15 is 0 Å². The molecule has 0 aromatic heterocycles. The molecule has 5 heteroatoms. The van der Waals surface area contributed by atoms with E-state index in [1.54, 1.807) is 24.3 Å². The summed E-state index contributed by atoms with van der Waals surface area (Å²) in [7, 11) is 0. The zero-order valence-electron chi connectivity index (χ0n) is 11.4. The van der Waals surface area contributed by atoms with E-state index in [0.29, 0.717) is 6.42 Å². The summed E-state index contributed by atoms with van der Waals surface area (Å²) in [6.07, 6.45) is 0.584. The molecule has 0 radical (unpaired) electrons. The molecule has 0 aliphatic rings. The fourth-order valence-corrected chi connectivity index (χ4v) is 2.38. The number of hydrogen-bond acceptors (Lipinski definition) is 2. The first kappa shape index (κ1) is 15.5. The third kappa shape index (κ3) is 4.29. The van der Waals surface area contributed by atoms with Crippen LogP contribution in [0.1, 0.15) is 22.8 Å². The van der Waals surface area contributed by atoms with Crippen molar-refractivity contribution in [1.82, 2.24) is 5.32 Å². The van der Waals surface area contributed by atoms with Gasteiger partial charge in [0.1, 0.15) is 11.6 Å². The first-order chi connectivity index (χ1) is 9.95. The van der Waals surface area contributed by atoms with Gasteiger partial charge in [-0.2, -0.15) is 0 Å². The highest BCUT2D eigenvalue weighted by molar-refractivity contribution is 9.10. The Bertz CT molecular complexity index is 643. The number of halogens is 2. The Balaban J connectivity index is 2.01. The molecule has 0 saturated heterocycles. The van der Waals surface area contributed by atoms with E-state index in [0.717, 1.165) is 10.0 Å². The molecule has 0 heterocycles. The molecule has 3 nitrogen and oxygen atoms in total. The number of rotatable bonds is 4. The van der Waals surface area contributed by atoms with Gasteiger partial charge in [0, 0.05) is 10.5 Å². The maximum atomic E-state index is 12.8. The molecule has 0 aliphatic carbocycles. The Morgan fingerprint density at radius 1 is 1.29 bits per heavy atom. The summed E-state index contributed by atoms with van der Waals surface area (Å²) in [6.45, 7) is 1.86. The maximum Gasteiger partial charge on any atom is 0.255 e. The van der Waals surface area contributed by atoms with Crippen LogP contribution in [0.2, 0.25) is 0 Å². The predicted molar refractivity (Wildman–Crippen MR) is 82.8 cm³/mol. The SMILES string of the molecule is CC(Cc1ccc(F)cc1)NC(=O)c1cc(Br)ccc1O. The molecule has 1 atom stereocenters. The molecule has 0 saturated carbocycles. The molecule has 0 bridgehead atoms. The van der Waals surface area contributed by atoms with Crippen LogP contribution in [0.15, 0.2) is 46.9 Å². The van der Waals surface area contributed by atoms with Crippen LogP contribution in [-0.2, 0) is 6.42 Å². The van der Waals surface area contributed by atoms with Crippen LogP contribution in [0, 0.1) is 5.82 Å². The van der Waals surface area contributed by atoms with Crippen LogP contribution in [0.25, 0.3) is 0 Å². The molecule has 0 aliphatic heterocycles. The van der Waals surface area contributed by atoms with Crippen LogP contribution < -0.4 is 5.32 Å². The second-order valence-corrected chi connectivity index (χ2v) is 5.78. The summed E-state index contributed by atoms with van der Waals surface area (Å²) in [4.78, 5) is 12.1. The van der Waals surface area contributed by atoms with Crippen molar-refractivity contribution in [3.63, 3.8) is 0 Å². The molecule has 2 aromatic carbocycles. The van der Waals surface area contributed by atoms with Crippen molar-refractivity contribution in [1.29, 1.82) is 0 Å². The highest BCUT2D eigenvalue weighted by Crippen LogP contribution is 2.21. The van der Waals surface area contributed by atoms with Gasteiger partial charge >= 0.3 is 0 Å². The monoisotopic (exact) mass is 351 g/mol. The molecular formula is C16H15BrFNO2. The summed E-state index contributed by atoms with van der Waals surface area (Å²) >= 11 is 3.26. The van der Waals surface area contributed by atoms with Gasteiger partial charge in [-0.3, -0.25) is 4.79 Å². The Morgan fingerprint density at radius 3 is 2.62 bits per heavy atom. The number of benzene rings is 2. The smallest absolute Gasteiger partial charge is 0.255 e. The second-order valence-electron chi connectivity index (χ2n) is 4.87. The Morgan fingerprint density at radius 2 is 1.95 bits per heavy atom. The van der Waals surface area contributed by atoms with E-state index in [1.807, 2.05) is 6.92 Å². The molecule has 2 rings (SSSR count). The third-order valence-electron chi connectivity index (χ3n) is 3.04. The minimum atomic E-state index is -0.344. The Kier molecular flexibility index (Phi) is 4.96. The predicted octanol–water partition coefficient (Wildman–Crippen LogP) is 3.65. The first-order valence-corrected chi connectivity index (χ1v) is 7.29. The van der Waals surface area contributed by atoms with Crippen LogP contribution in [-0.4, -0.2) is 17.1 Å². The van der Waals surface area contributed by atoms with Gasteiger partial charge in [0.15, 0.2) is 0 Å². The van der Waals surface area contributed by atoms with Gasteiger partial charge in [-0.05, 0) is 49.2 Å². The third-order valence-corrected chi connectivity index (χ3v) is 3.53. The zero-order chi connectivity index (χ0) is 15.4. The van der Waals surface area contributed by atoms with Crippen molar-refractivity contribution in [2.45, 2.75) is 19.4 Å². The lowest BCUT2D eigenvalue weighted by Crippen LogP contribution is -2.34. The van der Waals surface area contributed by atoms with Crippen LogP contribution in [0.3, 0.4) is 0 Å². The fourth-order valence-electron chi connectivity index (χ4n) is 2.02. The average molecular weight is 352 g/mol. The lowest BCUT2D eigenvalue weighted by molar-refractivity contribution is 0.0937. The Labute approximate surface area is 130 Å². The van der Waals surface area contributed by atoms with E-state index in [2.05, 4.69) is 21.2 Å². The largest absolute Gasteiger partial charge is 0.507 e. The summed E-state index contributed by atoms with van der Waals surface area (Å²) in [5, 5.41) is 12.5. The molecule has 110 valence electrons. The van der Waals surface area contributed by atoms with Gasteiger partial charge in [-0.25, -0.2) is 4.39 Å². The quantitative estimate of drug-likeness (QED) is 0.883. The molecule has 2 N–H and O–H groups in total. The highest BCUT2D eigenvalue weighted by Gasteiger charge is 2.14. The van der Waals surface area contributed by atoms with Crippen LogP contribution >= 0.6 is 15.9 Å². The zero-order valence-corrected chi connectivity index (χ0v) is 13.0. The number of aromatic hydroxyl groups is 1. The van der Waals surface area contributed by atoms with E-state index in [4.69, 9.17) is 0 Å². The van der Waals surface area contributed by atoms with Gasteiger partial charge in [0.05, 0.1) is 5.56 Å². The van der Waals surface area contributed by atoms with Crippen molar-refractivity contribution < 1.29 is 14.3 Å². The Hall–Kier alpha value is -1.88. The topological polar surface area (TPSA) is 49.3 Å². The first-order valence-electron chi connectivity index (χ1n) is 6.49. The number of nitrogens with one attached hydrogen (secondary N) is 1. The summed E-state index contributed by atoms with van der Waals surface area (Å²) < 4.78 is 13.6.